The molecule has 15 heteroatoms. The molecule has 2 aromatic rings. The Bertz CT molecular complexity index is 1170. The highest BCUT2D eigenvalue weighted by Gasteiger charge is 2.30. The number of halogens is 1. The Balaban J connectivity index is 1.87. The number of nitrogens with zero attached hydrogens (tertiary/aromatic N) is 4. The van der Waals surface area contributed by atoms with Crippen molar-refractivity contribution < 1.29 is 43.7 Å². The Hall–Kier alpha value is -4.56. The standard InChI is InChI=1S/C25H33FN6O8/c1-31(25(40)28-19(23(36)37)10-11-22(34)35)20(24(38)39)14-16-6-8-17(9-7-16)27-21(33)5-3-13-32-15-18(29-30-32)4-2-12-26/h6-9,15,19-20H,2-5,10-14H2,1H3,(H,27,33)(H,28,40)(H,34,35)(H,36,37)(H,38,39)/t19?,20-/m0/s1. The van der Waals surface area contributed by atoms with Crippen molar-refractivity contribution in [2.45, 2.75) is 63.6 Å². The van der Waals surface area contributed by atoms with Crippen LogP contribution < -0.4 is 10.6 Å². The minimum atomic E-state index is -1.50. The number of carboxylic acids is 3. The molecule has 0 saturated carbocycles. The van der Waals surface area contributed by atoms with E-state index in [9.17, 15) is 38.6 Å². The number of benzene rings is 1. The van der Waals surface area contributed by atoms with Gasteiger partial charge < -0.3 is 30.9 Å². The molecule has 0 aliphatic rings. The summed E-state index contributed by atoms with van der Waals surface area (Å²) < 4.78 is 13.9. The van der Waals surface area contributed by atoms with E-state index in [0.29, 0.717) is 42.8 Å². The van der Waals surface area contributed by atoms with Crippen LogP contribution in [0.1, 0.15) is 43.4 Å². The number of likely N-dealkylation sites (N-methyl/N-ethyl adjacent to an activating group) is 1. The summed E-state index contributed by atoms with van der Waals surface area (Å²) in [5.41, 5.74) is 1.73. The molecule has 1 aromatic carbocycles. The monoisotopic (exact) mass is 564 g/mol. The van der Waals surface area contributed by atoms with E-state index in [-0.39, 0.29) is 25.2 Å². The maximum atomic E-state index is 12.5. The molecule has 0 fully saturated rings. The number of aromatic nitrogens is 3. The number of aryl methyl sites for hydroxylation is 2. The van der Waals surface area contributed by atoms with E-state index < -0.39 is 49.1 Å². The molecule has 1 aromatic heterocycles. The fourth-order valence-electron chi connectivity index (χ4n) is 3.69. The second-order valence-electron chi connectivity index (χ2n) is 9.06. The topological polar surface area (TPSA) is 204 Å². The van der Waals surface area contributed by atoms with Crippen molar-refractivity contribution in [1.82, 2.24) is 25.2 Å². The third-order valence-electron chi connectivity index (χ3n) is 5.93. The van der Waals surface area contributed by atoms with Crippen molar-refractivity contribution in [2.75, 3.05) is 19.0 Å². The molecule has 1 unspecified atom stereocenters. The summed E-state index contributed by atoms with van der Waals surface area (Å²) in [6, 6.07) is 2.56. The SMILES string of the molecule is CN(C(=O)NC(CCC(=O)O)C(=O)O)[C@@H](Cc1ccc(NC(=O)CCCn2cc(CCCF)nn2)cc1)C(=O)O. The lowest BCUT2D eigenvalue weighted by atomic mass is 10.0. The maximum absolute atomic E-state index is 12.5. The van der Waals surface area contributed by atoms with Gasteiger partial charge in [0, 0.05) is 44.7 Å². The van der Waals surface area contributed by atoms with Crippen LogP contribution in [0.3, 0.4) is 0 Å². The highest BCUT2D eigenvalue weighted by molar-refractivity contribution is 5.90. The Morgan fingerprint density at radius 3 is 2.33 bits per heavy atom. The Kier molecular flexibility index (Phi) is 12.5. The molecule has 1 heterocycles. The second kappa shape index (κ2) is 15.8. The van der Waals surface area contributed by atoms with Crippen LogP contribution in [0.5, 0.6) is 0 Å². The summed E-state index contributed by atoms with van der Waals surface area (Å²) in [5.74, 6) is -4.23. The summed E-state index contributed by atoms with van der Waals surface area (Å²) in [6.45, 7) is 0.0499. The number of carbonyl (C=O) groups is 5. The van der Waals surface area contributed by atoms with Gasteiger partial charge in [-0.25, -0.2) is 14.4 Å². The molecule has 0 aliphatic carbocycles. The first-order valence-corrected chi connectivity index (χ1v) is 12.5. The molecular weight excluding hydrogens is 531 g/mol. The predicted molar refractivity (Wildman–Crippen MR) is 138 cm³/mol. The van der Waals surface area contributed by atoms with Crippen LogP contribution in [-0.2, 0) is 38.6 Å². The van der Waals surface area contributed by atoms with Gasteiger partial charge in [-0.1, -0.05) is 17.3 Å². The van der Waals surface area contributed by atoms with Crippen LogP contribution in [0.2, 0.25) is 0 Å². The molecule has 0 radical (unpaired) electrons. The summed E-state index contributed by atoms with van der Waals surface area (Å²) in [7, 11) is 1.20. The number of anilines is 1. The van der Waals surface area contributed by atoms with E-state index in [4.69, 9.17) is 5.11 Å². The number of amides is 3. The largest absolute Gasteiger partial charge is 0.481 e. The Labute approximate surface area is 229 Å². The zero-order chi connectivity index (χ0) is 29.7. The van der Waals surface area contributed by atoms with Crippen molar-refractivity contribution >= 4 is 35.5 Å². The molecule has 2 atom stereocenters. The molecule has 5 N–H and O–H groups in total. The predicted octanol–water partition coefficient (Wildman–Crippen LogP) is 1.55. The zero-order valence-electron chi connectivity index (χ0n) is 22.0. The maximum Gasteiger partial charge on any atom is 0.326 e. The van der Waals surface area contributed by atoms with Crippen LogP contribution in [0.15, 0.2) is 30.5 Å². The van der Waals surface area contributed by atoms with E-state index in [1.165, 1.54) is 7.05 Å². The van der Waals surface area contributed by atoms with Gasteiger partial charge >= 0.3 is 23.9 Å². The van der Waals surface area contributed by atoms with Gasteiger partial charge in [-0.2, -0.15) is 0 Å². The van der Waals surface area contributed by atoms with Gasteiger partial charge in [-0.05, 0) is 43.4 Å². The van der Waals surface area contributed by atoms with Crippen LogP contribution in [0, 0.1) is 0 Å². The van der Waals surface area contributed by atoms with Gasteiger partial charge in [0.25, 0.3) is 0 Å². The molecule has 14 nitrogen and oxygen atoms in total. The quantitative estimate of drug-likeness (QED) is 0.187. The number of carbonyl (C=O) groups excluding carboxylic acids is 2. The Morgan fingerprint density at radius 2 is 1.73 bits per heavy atom. The van der Waals surface area contributed by atoms with Gasteiger partial charge in [0.2, 0.25) is 5.91 Å². The number of alkyl halides is 1. The minimum absolute atomic E-state index is 0.106. The number of urea groups is 1. The second-order valence-corrected chi connectivity index (χ2v) is 9.06. The van der Waals surface area contributed by atoms with Crippen LogP contribution in [-0.4, -0.2) is 90.9 Å². The van der Waals surface area contributed by atoms with Gasteiger partial charge in [0.1, 0.15) is 12.1 Å². The number of nitrogens with one attached hydrogen (secondary N) is 2. The third kappa shape index (κ3) is 10.7. The minimum Gasteiger partial charge on any atom is -0.481 e. The molecule has 218 valence electrons. The summed E-state index contributed by atoms with van der Waals surface area (Å²) in [5, 5.41) is 40.4. The van der Waals surface area contributed by atoms with Crippen molar-refractivity contribution in [2.24, 2.45) is 0 Å². The Morgan fingerprint density at radius 1 is 1.02 bits per heavy atom. The number of aliphatic carboxylic acids is 3. The molecule has 0 spiro atoms. The number of hydrogen-bond acceptors (Lipinski definition) is 7. The lowest BCUT2D eigenvalue weighted by Crippen LogP contribution is -2.52. The van der Waals surface area contributed by atoms with Crippen LogP contribution in [0.25, 0.3) is 0 Å². The van der Waals surface area contributed by atoms with E-state index in [1.807, 2.05) is 0 Å². The summed E-state index contributed by atoms with van der Waals surface area (Å²) >= 11 is 0. The third-order valence-corrected chi connectivity index (χ3v) is 5.93. The molecular formula is C25H33FN6O8. The number of rotatable bonds is 17. The first-order chi connectivity index (χ1) is 19.0. The summed E-state index contributed by atoms with van der Waals surface area (Å²) in [6.07, 6.45) is 2.37. The number of carboxylic acid groups (broad SMARTS) is 3. The van der Waals surface area contributed by atoms with Gasteiger partial charge in [0.05, 0.1) is 12.4 Å². The van der Waals surface area contributed by atoms with Gasteiger partial charge in [-0.3, -0.25) is 18.7 Å². The molecule has 40 heavy (non-hydrogen) atoms. The van der Waals surface area contributed by atoms with Crippen molar-refractivity contribution in [3.8, 4) is 0 Å². The first kappa shape index (κ1) is 31.7. The van der Waals surface area contributed by atoms with Crippen LogP contribution >= 0.6 is 0 Å². The average Bonchev–Trinajstić information content (AvgIpc) is 3.35. The normalized spacial score (nSPS) is 12.2. The van der Waals surface area contributed by atoms with Crippen molar-refractivity contribution in [1.29, 1.82) is 0 Å². The van der Waals surface area contributed by atoms with Gasteiger partial charge in [-0.15, -0.1) is 5.10 Å². The highest BCUT2D eigenvalue weighted by Crippen LogP contribution is 2.15. The molecule has 3 amide bonds. The van der Waals surface area contributed by atoms with E-state index >= 15 is 0 Å². The van der Waals surface area contributed by atoms with E-state index in [1.54, 1.807) is 35.1 Å². The van der Waals surface area contributed by atoms with Crippen molar-refractivity contribution in [3.63, 3.8) is 0 Å². The molecule has 0 saturated heterocycles. The molecule has 0 bridgehead atoms. The highest BCUT2D eigenvalue weighted by atomic mass is 19.1. The van der Waals surface area contributed by atoms with E-state index in [0.717, 1.165) is 4.90 Å². The summed E-state index contributed by atoms with van der Waals surface area (Å²) in [4.78, 5) is 59.5. The molecule has 2 rings (SSSR count). The average molecular weight is 565 g/mol. The van der Waals surface area contributed by atoms with Crippen molar-refractivity contribution in [3.05, 3.63) is 41.7 Å². The fourth-order valence-corrected chi connectivity index (χ4v) is 3.69. The fraction of sp³-hybridized carbons (Fsp3) is 0.480. The first-order valence-electron chi connectivity index (χ1n) is 12.5. The molecule has 0 aliphatic heterocycles. The smallest absolute Gasteiger partial charge is 0.326 e. The lowest BCUT2D eigenvalue weighted by molar-refractivity contribution is -0.142. The van der Waals surface area contributed by atoms with Crippen LogP contribution in [0.4, 0.5) is 14.9 Å². The zero-order valence-corrected chi connectivity index (χ0v) is 22.0. The lowest BCUT2D eigenvalue weighted by Gasteiger charge is -2.27. The van der Waals surface area contributed by atoms with Gasteiger partial charge in [0.15, 0.2) is 0 Å². The van der Waals surface area contributed by atoms with E-state index in [2.05, 4.69) is 20.9 Å². The number of hydrogen-bond donors (Lipinski definition) is 5.